The first-order valence-electron chi connectivity index (χ1n) is 8.21. The fourth-order valence-electron chi connectivity index (χ4n) is 3.33. The molecular formula is C17H23N3O3S. The van der Waals surface area contributed by atoms with Crippen molar-refractivity contribution in [2.75, 3.05) is 25.1 Å². The molecule has 1 fully saturated rings. The summed E-state index contributed by atoms with van der Waals surface area (Å²) in [4.78, 5) is 24.8. The van der Waals surface area contributed by atoms with E-state index in [0.29, 0.717) is 10.7 Å². The minimum atomic E-state index is -0.334. The number of anilines is 1. The number of nitrogens with zero attached hydrogens (tertiary/aromatic N) is 3. The van der Waals surface area contributed by atoms with Crippen LogP contribution in [0.25, 0.3) is 10.2 Å². The second kappa shape index (κ2) is 6.64. The van der Waals surface area contributed by atoms with Crippen molar-refractivity contribution in [3.8, 4) is 0 Å². The molecule has 3 rings (SSSR count). The number of methoxy groups -OCH3 is 1. The Morgan fingerprint density at radius 3 is 2.83 bits per heavy atom. The topological polar surface area (TPSA) is 75.5 Å². The summed E-state index contributed by atoms with van der Waals surface area (Å²) in [7, 11) is 1.39. The predicted molar refractivity (Wildman–Crippen MR) is 94.8 cm³/mol. The molecular weight excluding hydrogens is 326 g/mol. The van der Waals surface area contributed by atoms with Crippen LogP contribution in [0.15, 0.2) is 0 Å². The van der Waals surface area contributed by atoms with Crippen LogP contribution in [-0.2, 0) is 4.74 Å². The number of esters is 1. The van der Waals surface area contributed by atoms with E-state index < -0.39 is 0 Å². The molecule has 3 heterocycles. The van der Waals surface area contributed by atoms with Crippen molar-refractivity contribution in [3.05, 3.63) is 16.3 Å². The fraction of sp³-hybridized carbons (Fsp3) is 0.588. The maximum Gasteiger partial charge on any atom is 0.348 e. The van der Waals surface area contributed by atoms with E-state index in [1.165, 1.54) is 18.4 Å². The summed E-state index contributed by atoms with van der Waals surface area (Å²) >= 11 is 1.35. The summed E-state index contributed by atoms with van der Waals surface area (Å²) in [5, 5.41) is 10.9. The van der Waals surface area contributed by atoms with E-state index >= 15 is 0 Å². The van der Waals surface area contributed by atoms with Gasteiger partial charge in [-0.25, -0.2) is 14.8 Å². The Balaban J connectivity index is 2.10. The number of carbonyl (C=O) groups is 1. The molecule has 0 saturated carbocycles. The van der Waals surface area contributed by atoms with Crippen LogP contribution in [0.4, 0.5) is 5.82 Å². The molecule has 2 atom stereocenters. The molecule has 130 valence electrons. The summed E-state index contributed by atoms with van der Waals surface area (Å²) in [5.74, 6) is 1.46. The maximum atomic E-state index is 12.0. The lowest BCUT2D eigenvalue weighted by Crippen LogP contribution is -2.40. The summed E-state index contributed by atoms with van der Waals surface area (Å²) in [6, 6.07) is 0. The molecule has 1 aliphatic heterocycles. The van der Waals surface area contributed by atoms with Crippen LogP contribution in [-0.4, -0.2) is 47.3 Å². The number of hydrogen-bond donors (Lipinski definition) is 1. The van der Waals surface area contributed by atoms with Gasteiger partial charge in [-0.2, -0.15) is 0 Å². The third kappa shape index (κ3) is 2.98. The first-order chi connectivity index (χ1) is 11.4. The number of aryl methyl sites for hydroxylation is 2. The highest BCUT2D eigenvalue weighted by Crippen LogP contribution is 2.37. The normalized spacial score (nSPS) is 19.5. The third-order valence-corrected chi connectivity index (χ3v) is 5.86. The minimum absolute atomic E-state index is 0.239. The number of ether oxygens (including phenoxy) is 1. The molecule has 0 bridgehead atoms. The smallest absolute Gasteiger partial charge is 0.348 e. The Morgan fingerprint density at radius 1 is 1.42 bits per heavy atom. The lowest BCUT2D eigenvalue weighted by molar-refractivity contribution is 0.0605. The average molecular weight is 349 g/mol. The zero-order valence-electron chi connectivity index (χ0n) is 14.5. The third-order valence-electron chi connectivity index (χ3n) is 4.69. The molecule has 0 aromatic carbocycles. The van der Waals surface area contributed by atoms with Gasteiger partial charge in [0.2, 0.25) is 0 Å². The molecule has 2 aromatic heterocycles. The van der Waals surface area contributed by atoms with E-state index in [-0.39, 0.29) is 18.0 Å². The molecule has 24 heavy (non-hydrogen) atoms. The van der Waals surface area contributed by atoms with Crippen molar-refractivity contribution in [1.29, 1.82) is 0 Å². The first kappa shape index (κ1) is 17.1. The highest BCUT2D eigenvalue weighted by Gasteiger charge is 2.28. The van der Waals surface area contributed by atoms with Gasteiger partial charge in [-0.1, -0.05) is 0 Å². The van der Waals surface area contributed by atoms with Crippen molar-refractivity contribution >= 4 is 33.3 Å². The van der Waals surface area contributed by atoms with E-state index in [0.717, 1.165) is 47.5 Å². The largest absolute Gasteiger partial charge is 0.465 e. The van der Waals surface area contributed by atoms with Crippen LogP contribution in [0.2, 0.25) is 0 Å². The minimum Gasteiger partial charge on any atom is -0.465 e. The van der Waals surface area contributed by atoms with Gasteiger partial charge in [-0.15, -0.1) is 11.3 Å². The molecule has 6 nitrogen and oxygen atoms in total. The van der Waals surface area contributed by atoms with E-state index in [1.807, 2.05) is 20.8 Å². The Labute approximate surface area is 145 Å². The lowest BCUT2D eigenvalue weighted by Gasteiger charge is -2.35. The first-order valence-corrected chi connectivity index (χ1v) is 9.03. The molecule has 0 radical (unpaired) electrons. The monoisotopic (exact) mass is 349 g/mol. The van der Waals surface area contributed by atoms with Gasteiger partial charge in [0.25, 0.3) is 0 Å². The zero-order chi connectivity index (χ0) is 17.4. The van der Waals surface area contributed by atoms with Gasteiger partial charge in [-0.05, 0) is 39.2 Å². The summed E-state index contributed by atoms with van der Waals surface area (Å²) in [6.45, 7) is 7.30. The molecule has 0 spiro atoms. The number of piperidine rings is 1. The summed E-state index contributed by atoms with van der Waals surface area (Å²) in [6.07, 6.45) is 1.71. The molecule has 1 N–H and O–H groups in total. The Bertz CT molecular complexity index is 772. The summed E-state index contributed by atoms with van der Waals surface area (Å²) < 4.78 is 4.89. The quantitative estimate of drug-likeness (QED) is 0.859. The molecule has 7 heteroatoms. The highest BCUT2D eigenvalue weighted by atomic mass is 32.1. The van der Waals surface area contributed by atoms with Crippen molar-refractivity contribution in [2.45, 2.75) is 39.7 Å². The Hall–Kier alpha value is -1.73. The SMILES string of the molecule is COC(=O)c1sc2nc(C)nc(N3CCCC(C(C)O)C3)c2c1C. The van der Waals surface area contributed by atoms with Crippen molar-refractivity contribution in [1.82, 2.24) is 9.97 Å². The van der Waals surface area contributed by atoms with E-state index in [1.54, 1.807) is 0 Å². The average Bonchev–Trinajstić information content (AvgIpc) is 2.90. The number of aliphatic hydroxyl groups is 1. The van der Waals surface area contributed by atoms with Gasteiger partial charge < -0.3 is 14.7 Å². The lowest BCUT2D eigenvalue weighted by atomic mass is 9.93. The number of hydrogen-bond acceptors (Lipinski definition) is 7. The Morgan fingerprint density at radius 2 is 2.17 bits per heavy atom. The molecule has 2 aromatic rings. The van der Waals surface area contributed by atoms with Crippen LogP contribution in [0.5, 0.6) is 0 Å². The number of carbonyl (C=O) groups excluding carboxylic acids is 1. The highest BCUT2D eigenvalue weighted by molar-refractivity contribution is 7.20. The fourth-order valence-corrected chi connectivity index (χ4v) is 4.47. The predicted octanol–water partition coefficient (Wildman–Crippen LogP) is 2.69. The van der Waals surface area contributed by atoms with Crippen LogP contribution in [0.3, 0.4) is 0 Å². The van der Waals surface area contributed by atoms with Gasteiger partial charge in [0, 0.05) is 19.0 Å². The standard InChI is InChI=1S/C17H23N3O3S/c1-9-13-15(20-7-5-6-12(8-20)10(2)21)18-11(3)19-16(13)24-14(9)17(22)23-4/h10,12,21H,5-8H2,1-4H3. The number of thiophene rings is 1. The van der Waals surface area contributed by atoms with Crippen molar-refractivity contribution in [3.63, 3.8) is 0 Å². The number of aromatic nitrogens is 2. The molecule has 0 aliphatic carbocycles. The maximum absolute atomic E-state index is 12.0. The van der Waals surface area contributed by atoms with Gasteiger partial charge in [-0.3, -0.25) is 0 Å². The van der Waals surface area contributed by atoms with Crippen LogP contribution in [0, 0.1) is 19.8 Å². The van der Waals surface area contributed by atoms with Gasteiger partial charge in [0.1, 0.15) is 21.3 Å². The second-order valence-corrected chi connectivity index (χ2v) is 7.41. The van der Waals surface area contributed by atoms with Gasteiger partial charge >= 0.3 is 5.97 Å². The molecule has 2 unspecified atom stereocenters. The van der Waals surface area contributed by atoms with Crippen LogP contribution in [0.1, 0.15) is 40.8 Å². The van der Waals surface area contributed by atoms with Crippen LogP contribution < -0.4 is 4.90 Å². The van der Waals surface area contributed by atoms with E-state index in [4.69, 9.17) is 4.74 Å². The van der Waals surface area contributed by atoms with Gasteiger partial charge in [0.15, 0.2) is 0 Å². The van der Waals surface area contributed by atoms with Crippen LogP contribution >= 0.6 is 11.3 Å². The number of fused-ring (bicyclic) bond motifs is 1. The Kier molecular flexibility index (Phi) is 4.73. The van der Waals surface area contributed by atoms with Gasteiger partial charge in [0.05, 0.1) is 18.6 Å². The van der Waals surface area contributed by atoms with E-state index in [2.05, 4.69) is 14.9 Å². The number of rotatable bonds is 3. The van der Waals surface area contributed by atoms with E-state index in [9.17, 15) is 9.90 Å². The zero-order valence-corrected chi connectivity index (χ0v) is 15.3. The number of aliphatic hydroxyl groups excluding tert-OH is 1. The molecule has 1 aliphatic rings. The molecule has 0 amide bonds. The molecule has 1 saturated heterocycles. The second-order valence-electron chi connectivity index (χ2n) is 6.41. The van der Waals surface area contributed by atoms with Crippen molar-refractivity contribution in [2.24, 2.45) is 5.92 Å². The van der Waals surface area contributed by atoms with Crippen molar-refractivity contribution < 1.29 is 14.6 Å². The summed E-state index contributed by atoms with van der Waals surface area (Å²) in [5.41, 5.74) is 0.871.